The molecule has 1 N–H and O–H groups in total. The number of pyridine rings is 1. The van der Waals surface area contributed by atoms with Crippen LogP contribution in [-0.4, -0.2) is 17.0 Å². The molecule has 0 saturated carbocycles. The van der Waals surface area contributed by atoms with E-state index in [1.807, 2.05) is 17.3 Å². The second-order valence-electron chi connectivity index (χ2n) is 2.97. The second kappa shape index (κ2) is 3.70. The van der Waals surface area contributed by atoms with Gasteiger partial charge in [-0.25, -0.2) is 0 Å². The molecule has 0 radical (unpaired) electrons. The maximum absolute atomic E-state index is 4.76. The molecule has 0 atom stereocenters. The molecule has 0 bridgehead atoms. The third-order valence-corrected chi connectivity index (χ3v) is 2.27. The molecule has 0 fully saturated rings. The van der Waals surface area contributed by atoms with E-state index in [2.05, 4.69) is 16.5 Å². The first-order chi connectivity index (χ1) is 6.42. The average Bonchev–Trinajstić information content (AvgIpc) is 2.19. The predicted octanol–water partition coefficient (Wildman–Crippen LogP) is 1.30. The number of nitrogens with zero attached hydrogens (tertiary/aromatic N) is 2. The van der Waals surface area contributed by atoms with Crippen molar-refractivity contribution in [2.24, 2.45) is 0 Å². The van der Waals surface area contributed by atoms with Crippen LogP contribution in [0.4, 0.5) is 5.69 Å². The van der Waals surface area contributed by atoms with Crippen LogP contribution < -0.4 is 10.4 Å². The normalized spacial score (nSPS) is 14.9. The van der Waals surface area contributed by atoms with Crippen molar-refractivity contribution in [3.05, 3.63) is 24.0 Å². The summed E-state index contributed by atoms with van der Waals surface area (Å²) in [5.74, 6) is 0. The number of fused-ring (bicyclic) bond motifs is 1. The van der Waals surface area contributed by atoms with Gasteiger partial charge in [-0.2, -0.15) is 0 Å². The zero-order valence-electron chi connectivity index (χ0n) is 7.23. The Morgan fingerprint density at radius 2 is 2.54 bits per heavy atom. The molecule has 0 amide bonds. The largest absolute Gasteiger partial charge is 0.295 e. The van der Waals surface area contributed by atoms with E-state index in [0.29, 0.717) is 0 Å². The van der Waals surface area contributed by atoms with Crippen molar-refractivity contribution >= 4 is 23.4 Å². The van der Waals surface area contributed by atoms with E-state index in [9.17, 15) is 0 Å². The number of hydrogen-bond donors (Lipinski definition) is 1. The molecule has 1 aliphatic rings. The number of aromatic nitrogens is 1. The highest BCUT2D eigenvalue weighted by atomic mass is 32.1. The summed E-state index contributed by atoms with van der Waals surface area (Å²) < 4.78 is 0. The van der Waals surface area contributed by atoms with Gasteiger partial charge in [0.05, 0.1) is 16.9 Å². The van der Waals surface area contributed by atoms with Gasteiger partial charge in [-0.05, 0) is 25.0 Å². The molecule has 13 heavy (non-hydrogen) atoms. The van der Waals surface area contributed by atoms with E-state index in [1.54, 1.807) is 0 Å². The van der Waals surface area contributed by atoms with Gasteiger partial charge in [0.25, 0.3) is 0 Å². The molecule has 0 spiro atoms. The summed E-state index contributed by atoms with van der Waals surface area (Å²) in [4.78, 5) is 4.32. The van der Waals surface area contributed by atoms with Crippen molar-refractivity contribution in [2.45, 2.75) is 12.8 Å². The third kappa shape index (κ3) is 1.62. The highest BCUT2D eigenvalue weighted by molar-refractivity contribution is 7.78. The van der Waals surface area contributed by atoms with Crippen LogP contribution in [0.3, 0.4) is 0 Å². The van der Waals surface area contributed by atoms with Crippen molar-refractivity contribution in [3.8, 4) is 0 Å². The van der Waals surface area contributed by atoms with Gasteiger partial charge in [-0.15, -0.1) is 0 Å². The fourth-order valence-corrected chi connectivity index (χ4v) is 1.72. The number of hydrazine groups is 1. The van der Waals surface area contributed by atoms with Gasteiger partial charge >= 0.3 is 0 Å². The summed E-state index contributed by atoms with van der Waals surface area (Å²) in [5.41, 5.74) is 6.85. The Labute approximate surface area is 82.7 Å². The maximum atomic E-state index is 4.76. The topological polar surface area (TPSA) is 28.2 Å². The molecule has 0 unspecified atom stereocenters. The van der Waals surface area contributed by atoms with Crippen LogP contribution in [0.25, 0.3) is 0 Å². The van der Waals surface area contributed by atoms with E-state index in [-0.39, 0.29) is 0 Å². The lowest BCUT2D eigenvalue weighted by Gasteiger charge is -2.29. The first-order valence-corrected chi connectivity index (χ1v) is 4.80. The lowest BCUT2D eigenvalue weighted by molar-refractivity contribution is 0.664. The Bertz CT molecular complexity index is 313. The molecule has 68 valence electrons. The van der Waals surface area contributed by atoms with Gasteiger partial charge in [0.2, 0.25) is 0 Å². The summed E-state index contributed by atoms with van der Waals surface area (Å²) in [5, 5.41) is 2.04. The van der Waals surface area contributed by atoms with Gasteiger partial charge in [0, 0.05) is 12.7 Å². The lowest BCUT2D eigenvalue weighted by Crippen LogP contribution is -2.40. The van der Waals surface area contributed by atoms with Crippen molar-refractivity contribution in [3.63, 3.8) is 0 Å². The Kier molecular flexibility index (Phi) is 2.40. The summed E-state index contributed by atoms with van der Waals surface area (Å²) in [6.07, 6.45) is 4.02. The summed E-state index contributed by atoms with van der Waals surface area (Å²) in [6.45, 7) is 0.992. The minimum atomic E-state index is 0.992. The van der Waals surface area contributed by atoms with Gasteiger partial charge in [0.15, 0.2) is 0 Å². The van der Waals surface area contributed by atoms with E-state index >= 15 is 0 Å². The van der Waals surface area contributed by atoms with Crippen LogP contribution in [-0.2, 0) is 6.42 Å². The summed E-state index contributed by atoms with van der Waals surface area (Å²) >= 11 is 4.76. The molecule has 3 nitrogen and oxygen atoms in total. The van der Waals surface area contributed by atoms with Crippen LogP contribution in [0.5, 0.6) is 0 Å². The molecule has 2 heterocycles. The molecule has 1 aliphatic heterocycles. The fourth-order valence-electron chi connectivity index (χ4n) is 1.59. The summed E-state index contributed by atoms with van der Waals surface area (Å²) in [6, 6.07) is 4.01. The van der Waals surface area contributed by atoms with Crippen LogP contribution >= 0.6 is 12.2 Å². The highest BCUT2D eigenvalue weighted by Gasteiger charge is 2.15. The van der Waals surface area contributed by atoms with Crippen molar-refractivity contribution in [2.75, 3.05) is 11.6 Å². The third-order valence-electron chi connectivity index (χ3n) is 2.16. The van der Waals surface area contributed by atoms with Gasteiger partial charge in [-0.1, -0.05) is 12.2 Å². The highest BCUT2D eigenvalue weighted by Crippen LogP contribution is 2.22. The molecule has 1 aromatic heterocycles. The predicted molar refractivity (Wildman–Crippen MR) is 56.7 cm³/mol. The Hall–Kier alpha value is -1.16. The second-order valence-corrected chi connectivity index (χ2v) is 3.21. The standard InChI is InChI=1S/C9H11N3S/c13-7-11-12-6-2-3-8-9(12)4-1-5-10-8/h1,4-5,7H,2-3,6H2,(H,11,13). The Balaban J connectivity index is 2.31. The minimum Gasteiger partial charge on any atom is -0.295 e. The SMILES string of the molecule is S=CNN1CCCc2ncccc21. The average molecular weight is 193 g/mol. The van der Waals surface area contributed by atoms with E-state index in [0.717, 1.165) is 30.8 Å². The Morgan fingerprint density at radius 3 is 3.38 bits per heavy atom. The van der Waals surface area contributed by atoms with Gasteiger partial charge < -0.3 is 0 Å². The molecule has 0 saturated heterocycles. The van der Waals surface area contributed by atoms with Crippen LogP contribution in [0.1, 0.15) is 12.1 Å². The lowest BCUT2D eigenvalue weighted by atomic mass is 10.1. The first-order valence-electron chi connectivity index (χ1n) is 4.33. The van der Waals surface area contributed by atoms with Crippen molar-refractivity contribution in [1.29, 1.82) is 0 Å². The van der Waals surface area contributed by atoms with Crippen molar-refractivity contribution < 1.29 is 0 Å². The van der Waals surface area contributed by atoms with E-state index in [1.165, 1.54) is 5.49 Å². The number of rotatable bonds is 2. The fraction of sp³-hybridized carbons (Fsp3) is 0.333. The summed E-state index contributed by atoms with van der Waals surface area (Å²) in [7, 11) is 0. The van der Waals surface area contributed by atoms with Crippen molar-refractivity contribution in [1.82, 2.24) is 10.4 Å². The quantitative estimate of drug-likeness (QED) is 0.717. The maximum Gasteiger partial charge on any atom is 0.0810 e. The first kappa shape index (κ1) is 8.44. The minimum absolute atomic E-state index is 0.992. The monoisotopic (exact) mass is 193 g/mol. The van der Waals surface area contributed by atoms with E-state index in [4.69, 9.17) is 12.2 Å². The number of anilines is 1. The smallest absolute Gasteiger partial charge is 0.0810 e. The molecular formula is C9H11N3S. The Morgan fingerprint density at radius 1 is 1.62 bits per heavy atom. The zero-order chi connectivity index (χ0) is 9.10. The number of nitrogens with one attached hydrogen (secondary N) is 1. The van der Waals surface area contributed by atoms with Gasteiger partial charge in [-0.3, -0.25) is 15.4 Å². The molecule has 0 aromatic carbocycles. The van der Waals surface area contributed by atoms with Crippen LogP contribution in [0.15, 0.2) is 18.3 Å². The van der Waals surface area contributed by atoms with Crippen LogP contribution in [0, 0.1) is 0 Å². The molecule has 1 aromatic rings. The van der Waals surface area contributed by atoms with E-state index < -0.39 is 0 Å². The van der Waals surface area contributed by atoms with Crippen LogP contribution in [0.2, 0.25) is 0 Å². The molecular weight excluding hydrogens is 182 g/mol. The molecule has 0 aliphatic carbocycles. The molecule has 4 heteroatoms. The number of thiocarbonyl (C=S) groups is 1. The zero-order valence-corrected chi connectivity index (χ0v) is 8.05. The molecule has 2 rings (SSSR count). The number of hydrogen-bond acceptors (Lipinski definition) is 3. The number of aryl methyl sites for hydroxylation is 1. The van der Waals surface area contributed by atoms with Gasteiger partial charge in [0.1, 0.15) is 0 Å².